The van der Waals surface area contributed by atoms with Crippen molar-refractivity contribution in [2.75, 3.05) is 13.2 Å². The number of carbonyl (C=O) groups is 6. The van der Waals surface area contributed by atoms with E-state index in [0.717, 1.165) is 18.4 Å². The lowest BCUT2D eigenvalue weighted by Crippen LogP contribution is -2.61. The van der Waals surface area contributed by atoms with Gasteiger partial charge in [-0.2, -0.15) is 0 Å². The highest BCUT2D eigenvalue weighted by Gasteiger charge is 2.68. The molecule has 47 heavy (non-hydrogen) atoms. The normalized spacial score (nSPS) is 31.8. The monoisotopic (exact) mass is 651 g/mol. The topological polar surface area (TPSA) is 173 Å². The first-order valence-electron chi connectivity index (χ1n) is 16.6. The van der Waals surface area contributed by atoms with Gasteiger partial charge in [0, 0.05) is 37.0 Å². The first kappa shape index (κ1) is 34.5. The Balaban J connectivity index is 1.16. The maximum absolute atomic E-state index is 13.8. The molecule has 1 aromatic carbocycles. The van der Waals surface area contributed by atoms with Crippen LogP contribution in [0, 0.1) is 28.6 Å². The number of aliphatic hydroxyl groups is 1. The summed E-state index contributed by atoms with van der Waals surface area (Å²) in [7, 11) is 0. The van der Waals surface area contributed by atoms with Crippen LogP contribution in [0.1, 0.15) is 84.1 Å². The van der Waals surface area contributed by atoms with Gasteiger partial charge < -0.3 is 25.0 Å². The van der Waals surface area contributed by atoms with Gasteiger partial charge >= 0.3 is 11.9 Å². The van der Waals surface area contributed by atoms with Gasteiger partial charge in [-0.25, -0.2) is 4.79 Å². The van der Waals surface area contributed by atoms with E-state index < -0.39 is 47.3 Å². The summed E-state index contributed by atoms with van der Waals surface area (Å²) in [5.41, 5.74) is -1.50. The fourth-order valence-corrected chi connectivity index (χ4v) is 8.97. The average molecular weight is 652 g/mol. The third kappa shape index (κ3) is 6.51. The zero-order valence-electron chi connectivity index (χ0n) is 27.3. The molecule has 1 aromatic rings. The van der Waals surface area contributed by atoms with E-state index in [9.17, 15) is 39.0 Å². The number of aromatic hydroxyl groups is 1. The number of phenolic OH excluding ortho intramolecular Hbond substituents is 1. The molecule has 3 saturated carbocycles. The van der Waals surface area contributed by atoms with Crippen molar-refractivity contribution in [1.82, 2.24) is 5.32 Å². The second kappa shape index (κ2) is 13.3. The van der Waals surface area contributed by atoms with E-state index in [0.29, 0.717) is 24.8 Å². The van der Waals surface area contributed by atoms with Crippen molar-refractivity contribution >= 4 is 35.2 Å². The second-order valence-electron chi connectivity index (χ2n) is 14.1. The van der Waals surface area contributed by atoms with Crippen molar-refractivity contribution < 1.29 is 48.5 Å². The predicted molar refractivity (Wildman–Crippen MR) is 168 cm³/mol. The van der Waals surface area contributed by atoms with E-state index in [1.54, 1.807) is 32.1 Å². The van der Waals surface area contributed by atoms with E-state index in [1.165, 1.54) is 12.1 Å². The summed E-state index contributed by atoms with van der Waals surface area (Å²) >= 11 is 0. The van der Waals surface area contributed by atoms with Crippen LogP contribution in [-0.2, 0) is 44.7 Å². The number of rotatable bonds is 11. The Bertz CT molecular complexity index is 1480. The quantitative estimate of drug-likeness (QED) is 0.301. The molecule has 0 saturated heterocycles. The van der Waals surface area contributed by atoms with Gasteiger partial charge in [0.25, 0.3) is 0 Å². The molecule has 1 amide bonds. The second-order valence-corrected chi connectivity index (χ2v) is 14.1. The summed E-state index contributed by atoms with van der Waals surface area (Å²) in [6.07, 6.45) is 4.44. The molecule has 7 atom stereocenters. The summed E-state index contributed by atoms with van der Waals surface area (Å²) in [5, 5.41) is 23.9. The van der Waals surface area contributed by atoms with Crippen LogP contribution in [0.5, 0.6) is 5.75 Å². The van der Waals surface area contributed by atoms with Crippen LogP contribution >= 0.6 is 0 Å². The number of nitrogens with one attached hydrogen (secondary N) is 1. The largest absolute Gasteiger partial charge is 0.508 e. The van der Waals surface area contributed by atoms with Gasteiger partial charge in [-0.15, -0.1) is 0 Å². The average Bonchev–Trinajstić information content (AvgIpc) is 3.30. The van der Waals surface area contributed by atoms with Crippen LogP contribution in [-0.4, -0.2) is 70.3 Å². The maximum Gasteiger partial charge on any atom is 0.328 e. The van der Waals surface area contributed by atoms with Gasteiger partial charge in [0.1, 0.15) is 23.2 Å². The van der Waals surface area contributed by atoms with Crippen LogP contribution < -0.4 is 5.32 Å². The Morgan fingerprint density at radius 2 is 1.72 bits per heavy atom. The molecule has 4 unspecified atom stereocenters. The van der Waals surface area contributed by atoms with Crippen molar-refractivity contribution in [1.29, 1.82) is 0 Å². The molecule has 254 valence electrons. The van der Waals surface area contributed by atoms with Gasteiger partial charge in [0.2, 0.25) is 11.7 Å². The van der Waals surface area contributed by atoms with Gasteiger partial charge in [-0.3, -0.25) is 24.0 Å². The molecule has 0 aliphatic heterocycles. The number of ketones is 3. The molecule has 4 aliphatic carbocycles. The number of amides is 1. The Hall–Kier alpha value is -3.86. The van der Waals surface area contributed by atoms with Crippen molar-refractivity contribution in [3.8, 4) is 5.75 Å². The predicted octanol–water partition coefficient (Wildman–Crippen LogP) is 3.32. The minimum Gasteiger partial charge on any atom is -0.508 e. The summed E-state index contributed by atoms with van der Waals surface area (Å²) in [6, 6.07) is 5.15. The highest BCUT2D eigenvalue weighted by atomic mass is 16.5. The number of ether oxygens (including phenoxy) is 2. The van der Waals surface area contributed by atoms with E-state index in [2.05, 4.69) is 12.2 Å². The molecule has 4 aliphatic rings. The smallest absolute Gasteiger partial charge is 0.328 e. The van der Waals surface area contributed by atoms with Crippen molar-refractivity contribution in [3.05, 3.63) is 41.5 Å². The van der Waals surface area contributed by atoms with E-state index in [4.69, 9.17) is 9.47 Å². The number of fused-ring (bicyclic) bond motifs is 5. The minimum atomic E-state index is -1.84. The molecule has 5 rings (SSSR count). The van der Waals surface area contributed by atoms with Gasteiger partial charge in [-0.1, -0.05) is 31.6 Å². The molecular formula is C36H45NO10. The highest BCUT2D eigenvalue weighted by molar-refractivity contribution is 5.95. The standard InChI is InChI=1S/C36H45NO10/c1-4-46-33(44)27(17-21-5-8-23(38)9-6-21)37-30(42)11-12-31(43)47-20-29(41)36(45)16-14-26-25-10-7-22-18-24(39)13-15-34(22,2)32(25)28(40)19-35(26,36)3/h5-6,8-9,18,25-27,32,38,45H,4,7,10-17,19-20H2,1-3H3,(H,37,42)/t25?,26?,27?,32?,34-,35-,36-/m0/s1. The van der Waals surface area contributed by atoms with Crippen molar-refractivity contribution in [2.45, 2.75) is 96.6 Å². The van der Waals surface area contributed by atoms with Crippen LogP contribution in [0.3, 0.4) is 0 Å². The lowest BCUT2D eigenvalue weighted by atomic mass is 9.46. The van der Waals surface area contributed by atoms with E-state index >= 15 is 0 Å². The highest BCUT2D eigenvalue weighted by Crippen LogP contribution is 2.66. The lowest BCUT2D eigenvalue weighted by molar-refractivity contribution is -0.173. The first-order chi connectivity index (χ1) is 22.2. The summed E-state index contributed by atoms with van der Waals surface area (Å²) in [4.78, 5) is 77.1. The zero-order chi connectivity index (χ0) is 34.1. The number of benzene rings is 1. The molecule has 3 fully saturated rings. The van der Waals surface area contributed by atoms with Gasteiger partial charge in [0.15, 0.2) is 12.4 Å². The van der Waals surface area contributed by atoms with Crippen LogP contribution in [0.4, 0.5) is 0 Å². The van der Waals surface area contributed by atoms with Crippen molar-refractivity contribution in [2.24, 2.45) is 28.6 Å². The lowest BCUT2D eigenvalue weighted by Gasteiger charge is -2.57. The third-order valence-electron chi connectivity index (χ3n) is 11.5. The third-order valence-corrected chi connectivity index (χ3v) is 11.5. The molecule has 0 bridgehead atoms. The summed E-state index contributed by atoms with van der Waals surface area (Å²) in [5.74, 6) is -2.85. The molecule has 0 aromatic heterocycles. The number of esters is 2. The van der Waals surface area contributed by atoms with E-state index in [-0.39, 0.29) is 79.2 Å². The molecule has 3 N–H and O–H groups in total. The fraction of sp³-hybridized carbons (Fsp3) is 0.611. The number of hydrogen-bond donors (Lipinski definition) is 3. The number of carbonyl (C=O) groups excluding carboxylic acids is 6. The van der Waals surface area contributed by atoms with Crippen LogP contribution in [0.2, 0.25) is 0 Å². The molecule has 0 radical (unpaired) electrons. The maximum atomic E-state index is 13.8. The Morgan fingerprint density at radius 3 is 2.43 bits per heavy atom. The number of hydrogen-bond acceptors (Lipinski definition) is 10. The fourth-order valence-electron chi connectivity index (χ4n) is 8.97. The Morgan fingerprint density at radius 1 is 1.00 bits per heavy atom. The first-order valence-corrected chi connectivity index (χ1v) is 16.6. The van der Waals surface area contributed by atoms with Crippen molar-refractivity contribution in [3.63, 3.8) is 0 Å². The molecule has 0 spiro atoms. The Labute approximate surface area is 274 Å². The minimum absolute atomic E-state index is 0.00744. The number of allylic oxidation sites excluding steroid dienone is 1. The van der Waals surface area contributed by atoms with Gasteiger partial charge in [-0.05, 0) is 80.1 Å². The number of Topliss-reactive ketones (excluding diaryl/α,β-unsaturated/α-hetero) is 2. The molecular weight excluding hydrogens is 606 g/mol. The molecule has 11 heteroatoms. The Kier molecular flexibility index (Phi) is 9.78. The zero-order valence-corrected chi connectivity index (χ0v) is 27.3. The van der Waals surface area contributed by atoms with Gasteiger partial charge in [0.05, 0.1) is 13.0 Å². The molecule has 11 nitrogen and oxygen atoms in total. The van der Waals surface area contributed by atoms with Crippen LogP contribution in [0.15, 0.2) is 35.9 Å². The summed E-state index contributed by atoms with van der Waals surface area (Å²) in [6.45, 7) is 4.97. The summed E-state index contributed by atoms with van der Waals surface area (Å²) < 4.78 is 10.3. The SMILES string of the molecule is CCOC(=O)C(Cc1ccc(O)cc1)NC(=O)CCC(=O)OCC(=O)[C@@]1(O)CCC2C3CCC4=CC(=O)CC[C@]4(C)C3C(=O)C[C@@]21C. The van der Waals surface area contributed by atoms with E-state index in [1.807, 2.05) is 0 Å². The molecule has 0 heterocycles. The number of phenols is 1. The van der Waals surface area contributed by atoms with Crippen LogP contribution in [0.25, 0.3) is 0 Å².